The molecular weight excluding hydrogens is 383 g/mol. The van der Waals surface area contributed by atoms with Crippen LogP contribution in [0.2, 0.25) is 0 Å². The third-order valence-electron chi connectivity index (χ3n) is 5.50. The average molecular weight is 429 g/mol. The quantitative estimate of drug-likeness (QED) is 0.183. The van der Waals surface area contributed by atoms with E-state index >= 15 is 0 Å². The maximum Gasteiger partial charge on any atom is 1.00 e. The molecule has 4 nitrogen and oxygen atoms in total. The standard InChI is InChI=1S/C22H46O4S.Na/c1-3-5-7-8-9-10-11-12-13-14-15-16-17-18-20-22(27(24,25)26)21(23)19-6-4-2;/h21-23H,3-20H2,1-2H3,(H,24,25,26);/q;+1/p-1. The van der Waals surface area contributed by atoms with Gasteiger partial charge in [-0.25, -0.2) is 8.42 Å². The average Bonchev–Trinajstić information content (AvgIpc) is 2.62. The maximum absolute atomic E-state index is 11.4. The fourth-order valence-corrected chi connectivity index (χ4v) is 4.64. The topological polar surface area (TPSA) is 77.4 Å². The third kappa shape index (κ3) is 18.9. The molecule has 0 aliphatic heterocycles. The number of hydrogen-bond donors (Lipinski definition) is 1. The van der Waals surface area contributed by atoms with E-state index in [2.05, 4.69) is 6.92 Å². The zero-order valence-electron chi connectivity index (χ0n) is 19.0. The van der Waals surface area contributed by atoms with Crippen LogP contribution in [0.1, 0.15) is 129 Å². The summed E-state index contributed by atoms with van der Waals surface area (Å²) in [6.07, 6.45) is 18.7. The van der Waals surface area contributed by atoms with E-state index in [9.17, 15) is 18.1 Å². The fourth-order valence-electron chi connectivity index (χ4n) is 3.67. The SMILES string of the molecule is CCCCCCCCCCCCCCCCC(C(O)CCCC)S(=O)(=O)[O-].[Na+]. The van der Waals surface area contributed by atoms with Crippen molar-refractivity contribution < 1.29 is 47.6 Å². The molecule has 2 unspecified atom stereocenters. The zero-order chi connectivity index (χ0) is 20.4. The summed E-state index contributed by atoms with van der Waals surface area (Å²) in [5.41, 5.74) is 0. The molecule has 28 heavy (non-hydrogen) atoms. The van der Waals surface area contributed by atoms with Crippen LogP contribution in [0.4, 0.5) is 0 Å². The molecule has 0 aliphatic rings. The Labute approximate surface area is 197 Å². The number of unbranched alkanes of at least 4 members (excludes halogenated alkanes) is 14. The van der Waals surface area contributed by atoms with Crippen LogP contribution in [0.25, 0.3) is 0 Å². The first-order chi connectivity index (χ1) is 12.9. The predicted octanol–water partition coefficient (Wildman–Crippen LogP) is 3.33. The summed E-state index contributed by atoms with van der Waals surface area (Å²) in [5.74, 6) is 0. The van der Waals surface area contributed by atoms with Crippen molar-refractivity contribution in [2.45, 2.75) is 141 Å². The van der Waals surface area contributed by atoms with E-state index < -0.39 is 21.5 Å². The van der Waals surface area contributed by atoms with E-state index in [1.165, 1.54) is 70.6 Å². The Bertz CT molecular complexity index is 415. The Morgan fingerprint density at radius 1 is 0.643 bits per heavy atom. The van der Waals surface area contributed by atoms with Crippen molar-refractivity contribution in [3.05, 3.63) is 0 Å². The normalized spacial score (nSPS) is 13.9. The van der Waals surface area contributed by atoms with Crippen LogP contribution in [-0.4, -0.2) is 29.4 Å². The second-order valence-electron chi connectivity index (χ2n) is 8.13. The molecule has 0 rings (SSSR count). The van der Waals surface area contributed by atoms with E-state index in [1.54, 1.807) is 0 Å². The Morgan fingerprint density at radius 3 is 1.36 bits per heavy atom. The molecule has 0 bridgehead atoms. The molecule has 0 fully saturated rings. The first kappa shape index (κ1) is 31.1. The molecule has 0 spiro atoms. The number of aliphatic hydroxyl groups is 1. The van der Waals surface area contributed by atoms with Crippen molar-refractivity contribution >= 4 is 10.1 Å². The fraction of sp³-hybridized carbons (Fsp3) is 1.00. The predicted molar refractivity (Wildman–Crippen MR) is 114 cm³/mol. The van der Waals surface area contributed by atoms with Crippen molar-refractivity contribution in [3.63, 3.8) is 0 Å². The summed E-state index contributed by atoms with van der Waals surface area (Å²) in [6.45, 7) is 4.24. The van der Waals surface area contributed by atoms with Gasteiger partial charge in [-0.15, -0.1) is 0 Å². The minimum atomic E-state index is -4.41. The van der Waals surface area contributed by atoms with Gasteiger partial charge in [0.25, 0.3) is 0 Å². The van der Waals surface area contributed by atoms with Gasteiger partial charge in [-0.05, 0) is 12.8 Å². The second kappa shape index (κ2) is 21.1. The maximum atomic E-state index is 11.4. The van der Waals surface area contributed by atoms with Crippen LogP contribution in [0.3, 0.4) is 0 Å². The van der Waals surface area contributed by atoms with Crippen LogP contribution < -0.4 is 29.6 Å². The monoisotopic (exact) mass is 428 g/mol. The second-order valence-corrected chi connectivity index (χ2v) is 9.72. The molecule has 0 aromatic carbocycles. The van der Waals surface area contributed by atoms with E-state index in [-0.39, 0.29) is 29.6 Å². The summed E-state index contributed by atoms with van der Waals surface area (Å²) >= 11 is 0. The smallest absolute Gasteiger partial charge is 0.748 e. The van der Waals surface area contributed by atoms with Gasteiger partial charge in [-0.3, -0.25) is 0 Å². The third-order valence-corrected chi connectivity index (χ3v) is 6.79. The first-order valence-corrected chi connectivity index (χ1v) is 13.0. The number of hydrogen-bond acceptors (Lipinski definition) is 4. The molecule has 2 atom stereocenters. The van der Waals surface area contributed by atoms with Crippen LogP contribution in [0.5, 0.6) is 0 Å². The molecule has 0 heterocycles. The minimum Gasteiger partial charge on any atom is -0.748 e. The van der Waals surface area contributed by atoms with Crippen LogP contribution >= 0.6 is 0 Å². The van der Waals surface area contributed by atoms with Gasteiger partial charge < -0.3 is 9.66 Å². The summed E-state index contributed by atoms with van der Waals surface area (Å²) in [7, 11) is -4.41. The molecule has 164 valence electrons. The molecule has 0 aliphatic carbocycles. The van der Waals surface area contributed by atoms with E-state index in [0.717, 1.165) is 25.7 Å². The molecule has 0 aromatic heterocycles. The summed E-state index contributed by atoms with van der Waals surface area (Å²) in [6, 6.07) is 0. The molecule has 0 radical (unpaired) electrons. The Balaban J connectivity index is 0. The van der Waals surface area contributed by atoms with Gasteiger partial charge in [0.05, 0.1) is 11.4 Å². The zero-order valence-corrected chi connectivity index (χ0v) is 21.8. The molecule has 6 heteroatoms. The number of rotatable bonds is 20. The molecular formula is C22H45NaO4S. The van der Waals surface area contributed by atoms with Crippen LogP contribution in [0.15, 0.2) is 0 Å². The van der Waals surface area contributed by atoms with Gasteiger partial charge in [0, 0.05) is 0 Å². The Hall–Kier alpha value is 0.870. The largest absolute Gasteiger partial charge is 1.00 e. The van der Waals surface area contributed by atoms with Crippen molar-refractivity contribution in [1.29, 1.82) is 0 Å². The Kier molecular flexibility index (Phi) is 23.4. The summed E-state index contributed by atoms with van der Waals surface area (Å²) < 4.78 is 34.2. The van der Waals surface area contributed by atoms with Crippen molar-refractivity contribution in [2.24, 2.45) is 0 Å². The van der Waals surface area contributed by atoms with Crippen molar-refractivity contribution in [2.75, 3.05) is 0 Å². The van der Waals surface area contributed by atoms with Gasteiger partial charge in [0.2, 0.25) is 0 Å². The van der Waals surface area contributed by atoms with Crippen LogP contribution in [-0.2, 0) is 10.1 Å². The molecule has 0 saturated carbocycles. The molecule has 0 aromatic rings. The van der Waals surface area contributed by atoms with E-state index in [0.29, 0.717) is 19.3 Å². The molecule has 1 N–H and O–H groups in total. The van der Waals surface area contributed by atoms with Gasteiger partial charge in [-0.1, -0.05) is 117 Å². The molecule has 0 amide bonds. The Morgan fingerprint density at radius 2 is 1.00 bits per heavy atom. The first-order valence-electron chi connectivity index (χ1n) is 11.6. The van der Waals surface area contributed by atoms with E-state index in [4.69, 9.17) is 0 Å². The van der Waals surface area contributed by atoms with Gasteiger partial charge in [-0.2, -0.15) is 0 Å². The van der Waals surface area contributed by atoms with Gasteiger partial charge in [0.1, 0.15) is 10.1 Å². The minimum absolute atomic E-state index is 0. The van der Waals surface area contributed by atoms with Gasteiger partial charge in [0.15, 0.2) is 0 Å². The van der Waals surface area contributed by atoms with Gasteiger partial charge >= 0.3 is 29.6 Å². The van der Waals surface area contributed by atoms with Crippen molar-refractivity contribution in [3.8, 4) is 0 Å². The molecule has 0 saturated heterocycles. The summed E-state index contributed by atoms with van der Waals surface area (Å²) in [4.78, 5) is 0. The van der Waals surface area contributed by atoms with Crippen molar-refractivity contribution in [1.82, 2.24) is 0 Å². The summed E-state index contributed by atoms with van der Waals surface area (Å²) in [5, 5.41) is 8.88. The van der Waals surface area contributed by atoms with E-state index in [1.807, 2.05) is 6.92 Å². The number of aliphatic hydroxyl groups excluding tert-OH is 1. The van der Waals surface area contributed by atoms with Crippen LogP contribution in [0, 0.1) is 0 Å².